The van der Waals surface area contributed by atoms with E-state index in [2.05, 4.69) is 29.6 Å². The maximum Gasteiger partial charge on any atom is 0.255 e. The first kappa shape index (κ1) is 13.6. The van der Waals surface area contributed by atoms with Crippen molar-refractivity contribution in [1.29, 1.82) is 0 Å². The van der Waals surface area contributed by atoms with Gasteiger partial charge in [-0.15, -0.1) is 0 Å². The summed E-state index contributed by atoms with van der Waals surface area (Å²) in [6, 6.07) is 14.2. The quantitative estimate of drug-likeness (QED) is 0.899. The Labute approximate surface area is 123 Å². The van der Waals surface area contributed by atoms with Crippen LogP contribution in [0.2, 0.25) is 0 Å². The Kier molecular flexibility index (Phi) is 3.88. The number of rotatable bonds is 4. The second-order valence-electron chi connectivity index (χ2n) is 5.15. The highest BCUT2D eigenvalue weighted by Crippen LogP contribution is 2.30. The molecule has 2 aromatic carbocycles. The molecule has 0 radical (unpaired) electrons. The summed E-state index contributed by atoms with van der Waals surface area (Å²) in [5, 5.41) is 3.39. The molecule has 0 aromatic heterocycles. The zero-order valence-corrected chi connectivity index (χ0v) is 11.8. The van der Waals surface area contributed by atoms with Crippen LogP contribution < -0.4 is 15.8 Å². The molecule has 1 aliphatic heterocycles. The van der Waals surface area contributed by atoms with Crippen molar-refractivity contribution >= 4 is 5.91 Å². The van der Waals surface area contributed by atoms with Crippen LogP contribution >= 0.6 is 0 Å². The van der Waals surface area contributed by atoms with Gasteiger partial charge in [0.1, 0.15) is 5.75 Å². The van der Waals surface area contributed by atoms with Gasteiger partial charge in [0.15, 0.2) is 6.61 Å². The van der Waals surface area contributed by atoms with Gasteiger partial charge in [0.2, 0.25) is 0 Å². The van der Waals surface area contributed by atoms with Crippen molar-refractivity contribution in [3.8, 4) is 16.9 Å². The second-order valence-corrected chi connectivity index (χ2v) is 5.15. The molecule has 1 heterocycles. The zero-order valence-electron chi connectivity index (χ0n) is 11.8. The van der Waals surface area contributed by atoms with Crippen LogP contribution in [0.5, 0.6) is 5.75 Å². The van der Waals surface area contributed by atoms with Crippen LogP contribution in [0, 0.1) is 0 Å². The van der Waals surface area contributed by atoms with E-state index in [9.17, 15) is 4.79 Å². The van der Waals surface area contributed by atoms with Crippen LogP contribution in [0.4, 0.5) is 0 Å². The van der Waals surface area contributed by atoms with Crippen LogP contribution in [0.25, 0.3) is 11.1 Å². The number of fused-ring (bicyclic) bond motifs is 1. The van der Waals surface area contributed by atoms with Crippen molar-refractivity contribution < 1.29 is 9.53 Å². The first-order valence-corrected chi connectivity index (χ1v) is 7.07. The van der Waals surface area contributed by atoms with Crippen LogP contribution in [-0.4, -0.2) is 19.1 Å². The van der Waals surface area contributed by atoms with Crippen molar-refractivity contribution in [3.63, 3.8) is 0 Å². The third kappa shape index (κ3) is 3.06. The molecule has 108 valence electrons. The summed E-state index contributed by atoms with van der Waals surface area (Å²) in [6.07, 6.45) is 1.03. The summed E-state index contributed by atoms with van der Waals surface area (Å²) < 4.78 is 5.39. The highest BCUT2D eigenvalue weighted by Gasteiger charge is 2.13. The topological polar surface area (TPSA) is 64.4 Å². The Balaban J connectivity index is 1.93. The third-order valence-corrected chi connectivity index (χ3v) is 3.67. The van der Waals surface area contributed by atoms with Crippen molar-refractivity contribution in [2.45, 2.75) is 13.0 Å². The minimum absolute atomic E-state index is 0.0970. The molecule has 0 atom stereocenters. The van der Waals surface area contributed by atoms with Gasteiger partial charge in [0.05, 0.1) is 0 Å². The third-order valence-electron chi connectivity index (χ3n) is 3.67. The van der Waals surface area contributed by atoms with E-state index in [-0.39, 0.29) is 6.61 Å². The lowest BCUT2D eigenvalue weighted by molar-refractivity contribution is -0.119. The van der Waals surface area contributed by atoms with Crippen LogP contribution in [-0.2, 0) is 17.8 Å². The highest BCUT2D eigenvalue weighted by molar-refractivity contribution is 5.75. The molecule has 0 fully saturated rings. The minimum Gasteiger partial charge on any atom is -0.484 e. The number of carbonyl (C=O) groups excluding carboxylic acids is 1. The largest absolute Gasteiger partial charge is 0.484 e. The molecule has 0 spiro atoms. The molecule has 21 heavy (non-hydrogen) atoms. The summed E-state index contributed by atoms with van der Waals surface area (Å²) in [7, 11) is 0. The summed E-state index contributed by atoms with van der Waals surface area (Å²) >= 11 is 0. The molecule has 4 heteroatoms. The van der Waals surface area contributed by atoms with E-state index in [1.165, 1.54) is 16.7 Å². The number of nitrogens with two attached hydrogens (primary N) is 1. The Morgan fingerprint density at radius 1 is 1.24 bits per heavy atom. The summed E-state index contributed by atoms with van der Waals surface area (Å²) in [5.74, 6) is 0.196. The van der Waals surface area contributed by atoms with E-state index >= 15 is 0 Å². The fraction of sp³-hybridized carbons (Fsp3) is 0.235. The van der Waals surface area contributed by atoms with Crippen molar-refractivity contribution in [2.75, 3.05) is 13.2 Å². The van der Waals surface area contributed by atoms with Gasteiger partial charge in [-0.05, 0) is 47.4 Å². The van der Waals surface area contributed by atoms with Gasteiger partial charge < -0.3 is 15.8 Å². The Morgan fingerprint density at radius 3 is 2.95 bits per heavy atom. The number of nitrogens with one attached hydrogen (secondary N) is 1. The van der Waals surface area contributed by atoms with Gasteiger partial charge in [-0.1, -0.05) is 30.3 Å². The number of primary amides is 1. The van der Waals surface area contributed by atoms with E-state index in [1.807, 2.05) is 18.2 Å². The minimum atomic E-state index is -0.469. The van der Waals surface area contributed by atoms with E-state index in [0.29, 0.717) is 5.75 Å². The number of benzene rings is 2. The first-order chi connectivity index (χ1) is 10.2. The molecule has 0 aliphatic carbocycles. The maximum absolute atomic E-state index is 10.8. The fourth-order valence-electron chi connectivity index (χ4n) is 2.71. The van der Waals surface area contributed by atoms with Crippen LogP contribution in [0.1, 0.15) is 11.1 Å². The van der Waals surface area contributed by atoms with E-state index in [0.717, 1.165) is 25.1 Å². The monoisotopic (exact) mass is 282 g/mol. The summed E-state index contributed by atoms with van der Waals surface area (Å²) in [6.45, 7) is 1.82. The molecule has 0 unspecified atom stereocenters. The van der Waals surface area contributed by atoms with Crippen molar-refractivity contribution in [3.05, 3.63) is 53.6 Å². The van der Waals surface area contributed by atoms with Crippen molar-refractivity contribution in [2.24, 2.45) is 5.73 Å². The molecule has 4 nitrogen and oxygen atoms in total. The van der Waals surface area contributed by atoms with Gasteiger partial charge in [-0.2, -0.15) is 0 Å². The fourth-order valence-corrected chi connectivity index (χ4v) is 2.71. The van der Waals surface area contributed by atoms with Gasteiger partial charge in [0.25, 0.3) is 5.91 Å². The van der Waals surface area contributed by atoms with Gasteiger partial charge in [-0.3, -0.25) is 4.79 Å². The number of hydrogen-bond donors (Lipinski definition) is 2. The molecule has 0 saturated heterocycles. The van der Waals surface area contributed by atoms with Crippen LogP contribution in [0.15, 0.2) is 42.5 Å². The normalized spacial score (nSPS) is 13.5. The molecular formula is C17H18N2O2. The first-order valence-electron chi connectivity index (χ1n) is 7.07. The number of carbonyl (C=O) groups is 1. The summed E-state index contributed by atoms with van der Waals surface area (Å²) in [5.41, 5.74) is 10.2. The lowest BCUT2D eigenvalue weighted by Crippen LogP contribution is -2.24. The molecule has 2 aromatic rings. The zero-order chi connectivity index (χ0) is 14.7. The van der Waals surface area contributed by atoms with Gasteiger partial charge >= 0.3 is 0 Å². The lowest BCUT2D eigenvalue weighted by atomic mass is 9.91. The molecule has 1 aliphatic rings. The number of amides is 1. The predicted octanol–water partition coefficient (Wildman–Crippen LogP) is 1.86. The molecule has 1 amide bonds. The lowest BCUT2D eigenvalue weighted by Gasteiger charge is -2.20. The molecular weight excluding hydrogens is 264 g/mol. The molecule has 0 saturated carbocycles. The van der Waals surface area contributed by atoms with Crippen LogP contribution in [0.3, 0.4) is 0 Å². The summed E-state index contributed by atoms with van der Waals surface area (Å²) in [4.78, 5) is 10.8. The van der Waals surface area contributed by atoms with Crippen molar-refractivity contribution in [1.82, 2.24) is 5.32 Å². The molecule has 0 bridgehead atoms. The Bertz CT molecular complexity index is 668. The highest BCUT2D eigenvalue weighted by atomic mass is 16.5. The molecule has 3 rings (SSSR count). The number of hydrogen-bond acceptors (Lipinski definition) is 3. The maximum atomic E-state index is 10.8. The molecule has 3 N–H and O–H groups in total. The SMILES string of the molecule is NC(=O)COc1cccc(-c2cccc3c2CCNC3)c1. The van der Waals surface area contributed by atoms with E-state index in [1.54, 1.807) is 0 Å². The predicted molar refractivity (Wildman–Crippen MR) is 82.0 cm³/mol. The van der Waals surface area contributed by atoms with E-state index in [4.69, 9.17) is 10.5 Å². The van der Waals surface area contributed by atoms with Gasteiger partial charge in [-0.25, -0.2) is 0 Å². The average molecular weight is 282 g/mol. The van der Waals surface area contributed by atoms with E-state index < -0.39 is 5.91 Å². The Hall–Kier alpha value is -2.33. The second kappa shape index (κ2) is 5.97. The smallest absolute Gasteiger partial charge is 0.255 e. The average Bonchev–Trinajstić information content (AvgIpc) is 2.52. The number of ether oxygens (including phenoxy) is 1. The standard InChI is InChI=1S/C17H18N2O2/c18-17(20)11-21-14-5-1-3-12(9-14)15-6-2-4-13-10-19-8-7-16(13)15/h1-6,9,19H,7-8,10-11H2,(H2,18,20). The Morgan fingerprint density at radius 2 is 2.10 bits per heavy atom. The van der Waals surface area contributed by atoms with Gasteiger partial charge in [0, 0.05) is 6.54 Å².